The average molecular weight is 254 g/mol. The van der Waals surface area contributed by atoms with Gasteiger partial charge in [0.05, 0.1) is 11.3 Å². The number of nitrogens with one attached hydrogen (secondary N) is 1. The van der Waals surface area contributed by atoms with Crippen molar-refractivity contribution in [2.75, 3.05) is 18.5 Å². The average Bonchev–Trinajstić information content (AvgIpc) is 3.10. The predicted molar refractivity (Wildman–Crippen MR) is 68.6 cm³/mol. The first-order valence-electron chi connectivity index (χ1n) is 5.45. The Morgan fingerprint density at radius 2 is 2.29 bits per heavy atom. The predicted octanol–water partition coefficient (Wildman–Crippen LogP) is 2.03. The van der Waals surface area contributed by atoms with E-state index in [-0.39, 0.29) is 21.9 Å². The number of benzene rings is 1. The van der Waals surface area contributed by atoms with E-state index in [4.69, 9.17) is 5.73 Å². The molecule has 5 heteroatoms. The molecule has 1 saturated carbocycles. The smallest absolute Gasteiger partial charge is 0.253 e. The number of thioether (sulfide) groups is 1. The number of nitrogen functional groups attached to an aromatic ring is 1. The van der Waals surface area contributed by atoms with Crippen LogP contribution >= 0.6 is 11.8 Å². The van der Waals surface area contributed by atoms with E-state index in [0.29, 0.717) is 6.54 Å². The minimum atomic E-state index is -0.552. The van der Waals surface area contributed by atoms with E-state index in [2.05, 4.69) is 5.32 Å². The number of amides is 1. The largest absolute Gasteiger partial charge is 0.396 e. The summed E-state index contributed by atoms with van der Waals surface area (Å²) in [4.78, 5) is 11.8. The summed E-state index contributed by atoms with van der Waals surface area (Å²) in [6, 6.07) is 4.27. The van der Waals surface area contributed by atoms with Crippen molar-refractivity contribution in [2.45, 2.75) is 17.6 Å². The highest BCUT2D eigenvalue weighted by Crippen LogP contribution is 2.46. The van der Waals surface area contributed by atoms with E-state index < -0.39 is 5.82 Å². The van der Waals surface area contributed by atoms with Gasteiger partial charge in [0.25, 0.3) is 5.91 Å². The Morgan fingerprint density at radius 3 is 2.88 bits per heavy atom. The molecule has 3 nitrogen and oxygen atoms in total. The van der Waals surface area contributed by atoms with E-state index in [1.165, 1.54) is 18.2 Å². The van der Waals surface area contributed by atoms with E-state index in [9.17, 15) is 9.18 Å². The van der Waals surface area contributed by atoms with Crippen molar-refractivity contribution in [3.63, 3.8) is 0 Å². The molecule has 0 spiro atoms. The molecule has 2 rings (SSSR count). The van der Waals surface area contributed by atoms with Gasteiger partial charge in [-0.2, -0.15) is 11.8 Å². The maximum absolute atomic E-state index is 13.2. The highest BCUT2D eigenvalue weighted by molar-refractivity contribution is 8.00. The first-order chi connectivity index (χ1) is 8.08. The van der Waals surface area contributed by atoms with Crippen LogP contribution in [0.3, 0.4) is 0 Å². The van der Waals surface area contributed by atoms with Crippen LogP contribution in [-0.4, -0.2) is 23.5 Å². The van der Waals surface area contributed by atoms with Crippen LogP contribution in [0.15, 0.2) is 18.2 Å². The fourth-order valence-corrected chi connectivity index (χ4v) is 2.39. The van der Waals surface area contributed by atoms with Gasteiger partial charge in [0.15, 0.2) is 0 Å². The molecule has 3 N–H and O–H groups in total. The second-order valence-electron chi connectivity index (χ2n) is 4.27. The minimum Gasteiger partial charge on any atom is -0.396 e. The summed E-state index contributed by atoms with van der Waals surface area (Å²) in [5.41, 5.74) is 5.66. The summed E-state index contributed by atoms with van der Waals surface area (Å²) in [5.74, 6) is -0.856. The Balaban J connectivity index is 2.02. The van der Waals surface area contributed by atoms with Crippen LogP contribution in [0.4, 0.5) is 10.1 Å². The lowest BCUT2D eigenvalue weighted by atomic mass is 10.1. The monoisotopic (exact) mass is 254 g/mol. The SMILES string of the molecule is CSC1(CNC(=O)c2cccc(F)c2N)CC1. The molecule has 1 aromatic carbocycles. The quantitative estimate of drug-likeness (QED) is 0.808. The molecule has 1 aliphatic carbocycles. The van der Waals surface area contributed by atoms with Crippen LogP contribution in [0.2, 0.25) is 0 Å². The molecule has 92 valence electrons. The fourth-order valence-electron chi connectivity index (χ4n) is 1.66. The number of hydrogen-bond acceptors (Lipinski definition) is 3. The zero-order chi connectivity index (χ0) is 12.5. The summed E-state index contributed by atoms with van der Waals surface area (Å²) < 4.78 is 13.4. The van der Waals surface area contributed by atoms with Gasteiger partial charge < -0.3 is 11.1 Å². The summed E-state index contributed by atoms with van der Waals surface area (Å²) in [6.45, 7) is 0.614. The highest BCUT2D eigenvalue weighted by Gasteiger charge is 2.42. The van der Waals surface area contributed by atoms with Gasteiger partial charge in [-0.3, -0.25) is 4.79 Å². The van der Waals surface area contributed by atoms with Crippen molar-refractivity contribution in [3.05, 3.63) is 29.6 Å². The van der Waals surface area contributed by atoms with Crippen molar-refractivity contribution in [1.29, 1.82) is 0 Å². The molecule has 0 bridgehead atoms. The molecule has 0 unspecified atom stereocenters. The van der Waals surface area contributed by atoms with Crippen LogP contribution in [0, 0.1) is 5.82 Å². The van der Waals surface area contributed by atoms with Gasteiger partial charge in [0.2, 0.25) is 0 Å². The minimum absolute atomic E-state index is 0.0843. The molecule has 1 aromatic rings. The molecule has 0 atom stereocenters. The van der Waals surface area contributed by atoms with Gasteiger partial charge in [-0.1, -0.05) is 6.07 Å². The molecule has 0 saturated heterocycles. The summed E-state index contributed by atoms with van der Waals surface area (Å²) in [7, 11) is 0. The Kier molecular flexibility index (Phi) is 3.28. The number of hydrogen-bond donors (Lipinski definition) is 2. The summed E-state index contributed by atoms with van der Waals surface area (Å²) in [6.07, 6.45) is 4.27. The van der Waals surface area contributed by atoms with Gasteiger partial charge in [-0.15, -0.1) is 0 Å². The molecule has 0 aliphatic heterocycles. The van der Waals surface area contributed by atoms with Crippen LogP contribution in [-0.2, 0) is 0 Å². The number of carbonyl (C=O) groups is 1. The molecule has 0 heterocycles. The number of para-hydroxylation sites is 1. The standard InChI is InChI=1S/C12H15FN2OS/c1-17-12(5-6-12)7-15-11(16)8-3-2-4-9(13)10(8)14/h2-4H,5-7,14H2,1H3,(H,15,16). The summed E-state index contributed by atoms with van der Waals surface area (Å²) >= 11 is 1.76. The van der Waals surface area contributed by atoms with E-state index in [1.54, 1.807) is 11.8 Å². The lowest BCUT2D eigenvalue weighted by Gasteiger charge is -2.13. The molecule has 0 aromatic heterocycles. The van der Waals surface area contributed by atoms with Crippen LogP contribution in [0.25, 0.3) is 0 Å². The zero-order valence-electron chi connectivity index (χ0n) is 9.63. The third kappa shape index (κ3) is 2.54. The van der Waals surface area contributed by atoms with Crippen LogP contribution in [0.5, 0.6) is 0 Å². The van der Waals surface area contributed by atoms with Crippen molar-refractivity contribution >= 4 is 23.4 Å². The maximum Gasteiger partial charge on any atom is 0.253 e. The fraction of sp³-hybridized carbons (Fsp3) is 0.417. The lowest BCUT2D eigenvalue weighted by molar-refractivity contribution is 0.0953. The summed E-state index contributed by atoms with van der Waals surface area (Å²) in [5, 5.41) is 2.81. The molecule has 1 aliphatic rings. The second-order valence-corrected chi connectivity index (χ2v) is 5.55. The molecule has 1 fully saturated rings. The number of anilines is 1. The van der Waals surface area contributed by atoms with Gasteiger partial charge >= 0.3 is 0 Å². The Morgan fingerprint density at radius 1 is 1.59 bits per heavy atom. The molecular formula is C12H15FN2OS. The number of rotatable bonds is 4. The first-order valence-corrected chi connectivity index (χ1v) is 6.68. The van der Waals surface area contributed by atoms with Gasteiger partial charge in [0, 0.05) is 11.3 Å². The van der Waals surface area contributed by atoms with Gasteiger partial charge in [0.1, 0.15) is 5.82 Å². The van der Waals surface area contributed by atoms with E-state index in [0.717, 1.165) is 12.8 Å². The van der Waals surface area contributed by atoms with E-state index in [1.807, 2.05) is 6.26 Å². The van der Waals surface area contributed by atoms with Crippen LogP contribution in [0.1, 0.15) is 23.2 Å². The third-order valence-electron chi connectivity index (χ3n) is 3.11. The molecular weight excluding hydrogens is 239 g/mol. The van der Waals surface area contributed by atoms with Gasteiger partial charge in [-0.25, -0.2) is 4.39 Å². The highest BCUT2D eigenvalue weighted by atomic mass is 32.2. The van der Waals surface area contributed by atoms with Crippen molar-refractivity contribution in [1.82, 2.24) is 5.32 Å². The Bertz CT molecular complexity index is 446. The molecule has 1 amide bonds. The Hall–Kier alpha value is -1.23. The lowest BCUT2D eigenvalue weighted by Crippen LogP contribution is -2.32. The Labute approximate surface area is 104 Å². The second kappa shape index (κ2) is 4.56. The molecule has 0 radical (unpaired) electrons. The van der Waals surface area contributed by atoms with Crippen molar-refractivity contribution in [2.24, 2.45) is 0 Å². The topological polar surface area (TPSA) is 55.1 Å². The van der Waals surface area contributed by atoms with Gasteiger partial charge in [-0.05, 0) is 31.2 Å². The van der Waals surface area contributed by atoms with Crippen LogP contribution < -0.4 is 11.1 Å². The maximum atomic E-state index is 13.2. The first kappa shape index (κ1) is 12.2. The van der Waals surface area contributed by atoms with E-state index >= 15 is 0 Å². The normalized spacial score (nSPS) is 16.6. The zero-order valence-corrected chi connectivity index (χ0v) is 10.4. The third-order valence-corrected chi connectivity index (χ3v) is 4.53. The van der Waals surface area contributed by atoms with Crippen molar-refractivity contribution < 1.29 is 9.18 Å². The number of halogens is 1. The number of carbonyl (C=O) groups excluding carboxylic acids is 1. The number of nitrogens with two attached hydrogens (primary N) is 1. The van der Waals surface area contributed by atoms with Crippen molar-refractivity contribution in [3.8, 4) is 0 Å². The molecule has 17 heavy (non-hydrogen) atoms.